The Morgan fingerprint density at radius 2 is 2.00 bits per heavy atom. The first-order valence-electron chi connectivity index (χ1n) is 4.19. The Balaban J connectivity index is 2.40. The minimum Gasteiger partial charge on any atom is -0.461 e. The molecule has 0 bridgehead atoms. The summed E-state index contributed by atoms with van der Waals surface area (Å²) < 4.78 is 5.65. The summed E-state index contributed by atoms with van der Waals surface area (Å²) in [5.41, 5.74) is 2.57. The van der Waals surface area contributed by atoms with Gasteiger partial charge in [0.25, 0.3) is 0 Å². The van der Waals surface area contributed by atoms with Crippen LogP contribution in [0.15, 0.2) is 35.6 Å². The Kier molecular flexibility index (Phi) is 1.65. The quantitative estimate of drug-likeness (QED) is 0.567. The smallest absolute Gasteiger partial charge is 0.130 e. The third-order valence-electron chi connectivity index (χ3n) is 2.11. The van der Waals surface area contributed by atoms with Crippen molar-refractivity contribution in [2.45, 2.75) is 20.3 Å². The Bertz CT molecular complexity index is 306. The molecule has 62 valence electrons. The van der Waals surface area contributed by atoms with Crippen molar-refractivity contribution >= 4 is 0 Å². The number of fused-ring (bicyclic) bond motifs is 1. The number of allylic oxidation sites excluding steroid dienone is 2. The van der Waals surface area contributed by atoms with E-state index in [2.05, 4.69) is 26.0 Å². The van der Waals surface area contributed by atoms with Gasteiger partial charge in [0.05, 0.1) is 0 Å². The second-order valence-electron chi connectivity index (χ2n) is 3.31. The normalized spacial score (nSPS) is 14.0. The van der Waals surface area contributed by atoms with E-state index >= 15 is 0 Å². The maximum atomic E-state index is 5.65. The van der Waals surface area contributed by atoms with E-state index in [1.807, 2.05) is 12.1 Å². The number of para-hydroxylation sites is 1. The lowest BCUT2D eigenvalue weighted by Crippen LogP contribution is -1.89. The summed E-state index contributed by atoms with van der Waals surface area (Å²) in [6.07, 6.45) is 0.957. The Hall–Kier alpha value is -1.24. The first kappa shape index (κ1) is 7.41. The van der Waals surface area contributed by atoms with Crippen LogP contribution in [-0.2, 0) is 6.42 Å². The number of benzene rings is 1. The van der Waals surface area contributed by atoms with Crippen LogP contribution in [0.3, 0.4) is 0 Å². The van der Waals surface area contributed by atoms with Gasteiger partial charge in [0.1, 0.15) is 11.5 Å². The Morgan fingerprint density at radius 1 is 1.25 bits per heavy atom. The topological polar surface area (TPSA) is 9.23 Å². The monoisotopic (exact) mass is 160 g/mol. The first-order valence-corrected chi connectivity index (χ1v) is 4.19. The molecule has 1 aromatic rings. The van der Waals surface area contributed by atoms with Gasteiger partial charge >= 0.3 is 0 Å². The van der Waals surface area contributed by atoms with Gasteiger partial charge in [-0.25, -0.2) is 0 Å². The van der Waals surface area contributed by atoms with Crippen molar-refractivity contribution in [3.05, 3.63) is 41.2 Å². The largest absolute Gasteiger partial charge is 0.461 e. The zero-order valence-electron chi connectivity index (χ0n) is 7.42. The van der Waals surface area contributed by atoms with E-state index in [9.17, 15) is 0 Å². The van der Waals surface area contributed by atoms with Gasteiger partial charge in [-0.1, -0.05) is 18.2 Å². The van der Waals surface area contributed by atoms with Gasteiger partial charge in [-0.05, 0) is 25.5 Å². The molecular weight excluding hydrogens is 148 g/mol. The van der Waals surface area contributed by atoms with E-state index in [4.69, 9.17) is 4.74 Å². The summed E-state index contributed by atoms with van der Waals surface area (Å²) in [6.45, 7) is 4.17. The predicted molar refractivity (Wildman–Crippen MR) is 49.1 cm³/mol. The lowest BCUT2D eigenvalue weighted by atomic mass is 10.1. The molecule has 0 spiro atoms. The lowest BCUT2D eigenvalue weighted by molar-refractivity contribution is 0.439. The zero-order chi connectivity index (χ0) is 8.55. The van der Waals surface area contributed by atoms with E-state index in [0.717, 1.165) is 17.9 Å². The second-order valence-corrected chi connectivity index (χ2v) is 3.31. The number of ether oxygens (including phenoxy) is 1. The highest BCUT2D eigenvalue weighted by Gasteiger charge is 2.16. The second kappa shape index (κ2) is 2.67. The van der Waals surface area contributed by atoms with E-state index in [0.29, 0.717) is 0 Å². The summed E-state index contributed by atoms with van der Waals surface area (Å²) in [5.74, 6) is 2.13. The van der Waals surface area contributed by atoms with Gasteiger partial charge in [0.15, 0.2) is 0 Å². The standard InChI is InChI=1S/C11H12O/c1-8(2)11-7-9-5-3-4-6-10(9)12-11/h3-6H,7H2,1-2H3. The van der Waals surface area contributed by atoms with Crippen molar-refractivity contribution < 1.29 is 4.74 Å². The maximum absolute atomic E-state index is 5.65. The molecule has 1 aliphatic heterocycles. The fourth-order valence-corrected chi connectivity index (χ4v) is 1.37. The van der Waals surface area contributed by atoms with Crippen LogP contribution < -0.4 is 4.74 Å². The molecule has 1 aliphatic rings. The molecule has 0 saturated heterocycles. The van der Waals surface area contributed by atoms with Gasteiger partial charge < -0.3 is 4.74 Å². The highest BCUT2D eigenvalue weighted by molar-refractivity contribution is 5.42. The molecule has 0 N–H and O–H groups in total. The third kappa shape index (κ3) is 1.11. The fraction of sp³-hybridized carbons (Fsp3) is 0.273. The molecule has 0 aliphatic carbocycles. The molecule has 0 radical (unpaired) electrons. The van der Waals surface area contributed by atoms with Crippen LogP contribution in [0.4, 0.5) is 0 Å². The molecule has 0 saturated carbocycles. The first-order chi connectivity index (χ1) is 5.77. The van der Waals surface area contributed by atoms with Crippen LogP contribution in [0, 0.1) is 0 Å². The van der Waals surface area contributed by atoms with Gasteiger partial charge in [-0.2, -0.15) is 0 Å². The van der Waals surface area contributed by atoms with Crippen LogP contribution in [0.25, 0.3) is 0 Å². The predicted octanol–water partition coefficient (Wildman–Crippen LogP) is 2.92. The Morgan fingerprint density at radius 3 is 2.67 bits per heavy atom. The molecule has 2 rings (SSSR count). The Labute approximate surface area is 72.7 Å². The van der Waals surface area contributed by atoms with Gasteiger partial charge in [-0.3, -0.25) is 0 Å². The third-order valence-corrected chi connectivity index (χ3v) is 2.11. The highest BCUT2D eigenvalue weighted by Crippen LogP contribution is 2.31. The van der Waals surface area contributed by atoms with Gasteiger partial charge in [0, 0.05) is 12.0 Å². The van der Waals surface area contributed by atoms with Crippen molar-refractivity contribution in [1.29, 1.82) is 0 Å². The van der Waals surface area contributed by atoms with Gasteiger partial charge in [0.2, 0.25) is 0 Å². The van der Waals surface area contributed by atoms with Crippen LogP contribution in [-0.4, -0.2) is 0 Å². The van der Waals surface area contributed by atoms with Crippen molar-refractivity contribution in [3.63, 3.8) is 0 Å². The molecule has 12 heavy (non-hydrogen) atoms. The average Bonchev–Trinajstić information content (AvgIpc) is 2.46. The van der Waals surface area contributed by atoms with Crippen molar-refractivity contribution in [3.8, 4) is 5.75 Å². The van der Waals surface area contributed by atoms with Crippen LogP contribution >= 0.6 is 0 Å². The molecule has 0 fully saturated rings. The average molecular weight is 160 g/mol. The van der Waals surface area contributed by atoms with E-state index in [1.165, 1.54) is 11.1 Å². The molecule has 0 amide bonds. The van der Waals surface area contributed by atoms with Crippen molar-refractivity contribution in [2.75, 3.05) is 0 Å². The molecule has 0 unspecified atom stereocenters. The summed E-state index contributed by atoms with van der Waals surface area (Å²) in [6, 6.07) is 8.19. The molecule has 0 atom stereocenters. The van der Waals surface area contributed by atoms with Crippen LogP contribution in [0.1, 0.15) is 19.4 Å². The highest BCUT2D eigenvalue weighted by atomic mass is 16.5. The lowest BCUT2D eigenvalue weighted by Gasteiger charge is -1.99. The zero-order valence-corrected chi connectivity index (χ0v) is 7.42. The van der Waals surface area contributed by atoms with Crippen molar-refractivity contribution in [2.24, 2.45) is 0 Å². The van der Waals surface area contributed by atoms with E-state index in [-0.39, 0.29) is 0 Å². The summed E-state index contributed by atoms with van der Waals surface area (Å²) >= 11 is 0. The molecule has 0 aromatic heterocycles. The molecule has 1 heteroatoms. The van der Waals surface area contributed by atoms with Gasteiger partial charge in [-0.15, -0.1) is 0 Å². The van der Waals surface area contributed by atoms with E-state index < -0.39 is 0 Å². The minimum atomic E-state index is 0.957. The van der Waals surface area contributed by atoms with E-state index in [1.54, 1.807) is 0 Å². The van der Waals surface area contributed by atoms with Crippen LogP contribution in [0.5, 0.6) is 5.75 Å². The fourth-order valence-electron chi connectivity index (χ4n) is 1.37. The molecular formula is C11H12O. The van der Waals surface area contributed by atoms with Crippen LogP contribution in [0.2, 0.25) is 0 Å². The number of hydrogen-bond donors (Lipinski definition) is 0. The summed E-state index contributed by atoms with van der Waals surface area (Å²) in [5, 5.41) is 0. The minimum absolute atomic E-state index is 0.957. The molecule has 1 heterocycles. The SMILES string of the molecule is CC(C)=C1Cc2ccccc2O1. The van der Waals surface area contributed by atoms with Crippen molar-refractivity contribution in [1.82, 2.24) is 0 Å². The number of hydrogen-bond acceptors (Lipinski definition) is 1. The maximum Gasteiger partial charge on any atom is 0.130 e. The number of rotatable bonds is 0. The summed E-state index contributed by atoms with van der Waals surface area (Å²) in [4.78, 5) is 0. The molecule has 1 nitrogen and oxygen atoms in total. The molecule has 1 aromatic carbocycles. The summed E-state index contributed by atoms with van der Waals surface area (Å²) in [7, 11) is 0.